The van der Waals surface area contributed by atoms with Crippen LogP contribution in [0.4, 0.5) is 23.8 Å². The number of amides is 2. The van der Waals surface area contributed by atoms with Crippen molar-refractivity contribution in [3.8, 4) is 0 Å². The maximum absolute atomic E-state index is 12.8. The van der Waals surface area contributed by atoms with Gasteiger partial charge in [-0.1, -0.05) is 32.5 Å². The van der Waals surface area contributed by atoms with Crippen LogP contribution in [0.25, 0.3) is 0 Å². The first-order valence-electron chi connectivity index (χ1n) is 6.75. The number of hydrogen-bond donors (Lipinski definition) is 1. The monoisotopic (exact) mass is 364 g/mol. The van der Waals surface area contributed by atoms with Crippen LogP contribution in [-0.4, -0.2) is 32.8 Å². The van der Waals surface area contributed by atoms with E-state index < -0.39 is 40.1 Å². The topological polar surface area (TPSA) is 98.4 Å². The molecule has 1 aliphatic rings. The second kappa shape index (κ2) is 6.11. The van der Waals surface area contributed by atoms with Gasteiger partial charge in [-0.25, -0.2) is 19.7 Å². The van der Waals surface area contributed by atoms with E-state index in [1.165, 1.54) is 0 Å². The van der Waals surface area contributed by atoms with Crippen LogP contribution in [0.1, 0.15) is 26.5 Å². The first kappa shape index (κ1) is 18.3. The third-order valence-corrected chi connectivity index (χ3v) is 4.84. The van der Waals surface area contributed by atoms with Crippen LogP contribution < -0.4 is 10.6 Å². The molecular weight excluding hydrogens is 349 g/mol. The van der Waals surface area contributed by atoms with Crippen molar-refractivity contribution < 1.29 is 27.5 Å². The Kier molecular flexibility index (Phi) is 4.66. The van der Waals surface area contributed by atoms with E-state index in [9.17, 15) is 22.8 Å². The van der Waals surface area contributed by atoms with Gasteiger partial charge in [0.25, 0.3) is 0 Å². The molecule has 1 saturated heterocycles. The number of aromatic nitrogens is 2. The third kappa shape index (κ3) is 3.71. The van der Waals surface area contributed by atoms with E-state index in [4.69, 9.17) is 10.5 Å². The van der Waals surface area contributed by atoms with Gasteiger partial charge in [0, 0.05) is 6.07 Å². The molecule has 0 radical (unpaired) electrons. The van der Waals surface area contributed by atoms with Gasteiger partial charge in [0.15, 0.2) is 0 Å². The predicted octanol–water partition coefficient (Wildman–Crippen LogP) is 2.37. The highest BCUT2D eigenvalue weighted by atomic mass is 32.2. The van der Waals surface area contributed by atoms with Gasteiger partial charge in [0.1, 0.15) is 17.8 Å². The largest absolute Gasteiger partial charge is 0.433 e. The molecule has 0 spiro atoms. The van der Waals surface area contributed by atoms with Crippen molar-refractivity contribution >= 4 is 29.6 Å². The van der Waals surface area contributed by atoms with E-state index >= 15 is 0 Å². The van der Waals surface area contributed by atoms with Crippen LogP contribution in [0.15, 0.2) is 12.4 Å². The summed E-state index contributed by atoms with van der Waals surface area (Å²) >= 11 is 0.982. The number of thioether (sulfide) groups is 1. The molecule has 0 aromatic carbocycles. The molecule has 2 unspecified atom stereocenters. The molecule has 2 atom stereocenters. The Morgan fingerprint density at radius 2 is 1.96 bits per heavy atom. The van der Waals surface area contributed by atoms with E-state index in [-0.39, 0.29) is 5.82 Å². The molecule has 132 valence electrons. The number of halogens is 3. The van der Waals surface area contributed by atoms with E-state index in [0.29, 0.717) is 12.4 Å². The van der Waals surface area contributed by atoms with E-state index in [1.54, 1.807) is 20.8 Å². The number of hydrogen-bond acceptors (Lipinski definition) is 6. The second-order valence-electron chi connectivity index (χ2n) is 6.09. The average molecular weight is 364 g/mol. The van der Waals surface area contributed by atoms with Crippen molar-refractivity contribution in [1.82, 2.24) is 9.97 Å². The van der Waals surface area contributed by atoms with Crippen molar-refractivity contribution in [2.24, 2.45) is 11.1 Å². The van der Waals surface area contributed by atoms with Gasteiger partial charge in [-0.15, -0.1) is 0 Å². The zero-order valence-electron chi connectivity index (χ0n) is 13.0. The van der Waals surface area contributed by atoms with E-state index in [1.807, 2.05) is 0 Å². The lowest BCUT2D eigenvalue weighted by Gasteiger charge is -2.24. The highest BCUT2D eigenvalue weighted by Gasteiger charge is 2.49. The SMILES string of the molecule is CC(C)(C)C1SC(OC(N)=O)N(c2cc(C(F)(F)F)ncn2)C1=O. The zero-order chi connectivity index (χ0) is 18.3. The van der Waals surface area contributed by atoms with Crippen LogP contribution >= 0.6 is 11.8 Å². The molecule has 2 N–H and O–H groups in total. The zero-order valence-corrected chi connectivity index (χ0v) is 13.8. The van der Waals surface area contributed by atoms with Crippen LogP contribution in [-0.2, 0) is 15.7 Å². The number of carbonyl (C=O) groups is 2. The maximum Gasteiger partial charge on any atom is 0.433 e. The van der Waals surface area contributed by atoms with Gasteiger partial charge in [-0.05, 0) is 5.41 Å². The molecule has 2 heterocycles. The van der Waals surface area contributed by atoms with Gasteiger partial charge < -0.3 is 10.5 Å². The average Bonchev–Trinajstić information content (AvgIpc) is 2.74. The van der Waals surface area contributed by atoms with Crippen LogP contribution in [0.2, 0.25) is 0 Å². The van der Waals surface area contributed by atoms with E-state index in [2.05, 4.69) is 9.97 Å². The summed E-state index contributed by atoms with van der Waals surface area (Å²) < 4.78 is 43.3. The molecule has 1 aromatic rings. The Morgan fingerprint density at radius 3 is 2.46 bits per heavy atom. The molecule has 1 aromatic heterocycles. The Morgan fingerprint density at radius 1 is 1.33 bits per heavy atom. The summed E-state index contributed by atoms with van der Waals surface area (Å²) in [5.41, 5.74) is 2.06. The number of nitrogens with two attached hydrogens (primary N) is 1. The Balaban J connectivity index is 2.44. The van der Waals surface area contributed by atoms with Crippen LogP contribution in [0.3, 0.4) is 0 Å². The van der Waals surface area contributed by atoms with Crippen molar-refractivity contribution in [1.29, 1.82) is 0 Å². The lowest BCUT2D eigenvalue weighted by Crippen LogP contribution is -2.40. The Hall–Kier alpha value is -2.04. The highest BCUT2D eigenvalue weighted by Crippen LogP contribution is 2.43. The summed E-state index contributed by atoms with van der Waals surface area (Å²) in [5, 5.41) is -0.647. The van der Waals surface area contributed by atoms with Gasteiger partial charge >= 0.3 is 12.3 Å². The molecule has 24 heavy (non-hydrogen) atoms. The standard InChI is InChI=1S/C13H15F3N4O3S/c1-12(2,3)8-9(21)20(11(24-8)23-10(17)22)7-4-6(13(14,15)16)18-5-19-7/h4-5,8,11H,1-3H3,(H2,17,22). The van der Waals surface area contributed by atoms with Gasteiger partial charge in [0.05, 0.1) is 5.25 Å². The van der Waals surface area contributed by atoms with Crippen molar-refractivity contribution in [2.45, 2.75) is 37.8 Å². The first-order chi connectivity index (χ1) is 10.9. The first-order valence-corrected chi connectivity index (χ1v) is 7.69. The molecule has 7 nitrogen and oxygen atoms in total. The molecule has 1 fully saturated rings. The molecule has 1 aliphatic heterocycles. The number of anilines is 1. The lowest BCUT2D eigenvalue weighted by atomic mass is 9.91. The minimum absolute atomic E-state index is 0.312. The normalized spacial score (nSPS) is 21.9. The molecule has 0 saturated carbocycles. The molecule has 2 amide bonds. The minimum atomic E-state index is -4.70. The van der Waals surface area contributed by atoms with E-state index in [0.717, 1.165) is 16.7 Å². The fourth-order valence-electron chi connectivity index (χ4n) is 2.07. The minimum Gasteiger partial charge on any atom is -0.415 e. The second-order valence-corrected chi connectivity index (χ2v) is 7.24. The van der Waals surface area contributed by atoms with Gasteiger partial charge in [-0.2, -0.15) is 13.2 Å². The quantitative estimate of drug-likeness (QED) is 0.865. The number of nitrogens with zero attached hydrogens (tertiary/aromatic N) is 3. The Labute approximate surface area is 139 Å². The number of ether oxygens (including phenoxy) is 1. The maximum atomic E-state index is 12.8. The Bertz CT molecular complexity index is 663. The molecule has 2 rings (SSSR count). The van der Waals surface area contributed by atoms with Crippen molar-refractivity contribution in [3.05, 3.63) is 18.1 Å². The van der Waals surface area contributed by atoms with Crippen molar-refractivity contribution in [3.63, 3.8) is 0 Å². The smallest absolute Gasteiger partial charge is 0.415 e. The third-order valence-electron chi connectivity index (χ3n) is 3.12. The molecular formula is C13H15F3N4O3S. The summed E-state index contributed by atoms with van der Waals surface area (Å²) in [6.07, 6.45) is -5.15. The fourth-order valence-corrected chi connectivity index (χ4v) is 3.43. The van der Waals surface area contributed by atoms with Crippen LogP contribution in [0, 0.1) is 5.41 Å². The summed E-state index contributed by atoms with van der Waals surface area (Å²) in [4.78, 5) is 31.4. The van der Waals surface area contributed by atoms with Gasteiger partial charge in [-0.3, -0.25) is 4.79 Å². The molecule has 11 heteroatoms. The predicted molar refractivity (Wildman–Crippen MR) is 79.8 cm³/mol. The fraction of sp³-hybridized carbons (Fsp3) is 0.538. The lowest BCUT2D eigenvalue weighted by molar-refractivity contribution is -0.141. The number of rotatable bonds is 2. The molecule has 0 aliphatic carbocycles. The highest BCUT2D eigenvalue weighted by molar-refractivity contribution is 8.01. The summed E-state index contributed by atoms with van der Waals surface area (Å²) in [6, 6.07) is 0.626. The van der Waals surface area contributed by atoms with Gasteiger partial charge in [0.2, 0.25) is 11.5 Å². The number of alkyl halides is 3. The molecule has 0 bridgehead atoms. The van der Waals surface area contributed by atoms with Crippen molar-refractivity contribution in [2.75, 3.05) is 4.90 Å². The number of carbonyl (C=O) groups excluding carboxylic acids is 2. The van der Waals surface area contributed by atoms with Crippen LogP contribution in [0.5, 0.6) is 0 Å². The summed E-state index contributed by atoms with van der Waals surface area (Å²) in [7, 11) is 0. The summed E-state index contributed by atoms with van der Waals surface area (Å²) in [6.45, 7) is 5.36. The summed E-state index contributed by atoms with van der Waals surface area (Å²) in [5.74, 6) is -0.835. The number of primary amides is 1.